The summed E-state index contributed by atoms with van der Waals surface area (Å²) in [6.45, 7) is 6.06. The fourth-order valence-corrected chi connectivity index (χ4v) is 3.01. The zero-order chi connectivity index (χ0) is 14.0. The van der Waals surface area contributed by atoms with Crippen LogP contribution in [-0.2, 0) is 12.0 Å². The molecule has 2 N–H and O–H groups in total. The van der Waals surface area contributed by atoms with Gasteiger partial charge in [0, 0.05) is 11.3 Å². The minimum atomic E-state index is -0.593. The van der Waals surface area contributed by atoms with Crippen LogP contribution >= 0.6 is 11.3 Å². The Morgan fingerprint density at radius 2 is 2.11 bits per heavy atom. The molecule has 2 heterocycles. The van der Waals surface area contributed by atoms with E-state index in [9.17, 15) is 4.39 Å². The molecule has 2 rings (SSSR count). The third-order valence-electron chi connectivity index (χ3n) is 3.41. The first-order valence-electron chi connectivity index (χ1n) is 6.28. The normalized spacial score (nSPS) is 14.4. The monoisotopic (exact) mass is 279 g/mol. The lowest BCUT2D eigenvalue weighted by Crippen LogP contribution is -2.39. The van der Waals surface area contributed by atoms with Crippen LogP contribution in [0.1, 0.15) is 34.6 Å². The summed E-state index contributed by atoms with van der Waals surface area (Å²) < 4.78 is 12.9. The topological polar surface area (TPSA) is 51.8 Å². The van der Waals surface area contributed by atoms with Gasteiger partial charge in [-0.15, -0.1) is 11.3 Å². The van der Waals surface area contributed by atoms with Crippen LogP contribution < -0.4 is 5.73 Å². The number of thiazole rings is 1. The van der Waals surface area contributed by atoms with Crippen LogP contribution in [-0.4, -0.2) is 9.97 Å². The Hall–Kier alpha value is -1.33. The Bertz CT molecular complexity index is 545. The summed E-state index contributed by atoms with van der Waals surface area (Å²) >= 11 is 1.66. The highest BCUT2D eigenvalue weighted by molar-refractivity contribution is 7.11. The maximum Gasteiger partial charge on any atom is 0.141 e. The minimum Gasteiger partial charge on any atom is -0.320 e. The molecule has 0 aliphatic rings. The third kappa shape index (κ3) is 2.98. The Morgan fingerprint density at radius 3 is 2.58 bits per heavy atom. The maximum absolute atomic E-state index is 12.9. The third-order valence-corrected chi connectivity index (χ3v) is 4.48. The molecule has 0 amide bonds. The number of hydrogen-bond donors (Lipinski definition) is 1. The average Bonchev–Trinajstić information content (AvgIpc) is 2.68. The number of hydrogen-bond acceptors (Lipinski definition) is 4. The fraction of sp³-hybridized carbons (Fsp3) is 0.429. The lowest BCUT2D eigenvalue weighted by atomic mass is 9.89. The van der Waals surface area contributed by atoms with Gasteiger partial charge in [0.25, 0.3) is 0 Å². The van der Waals surface area contributed by atoms with Gasteiger partial charge in [-0.05, 0) is 32.4 Å². The number of pyridine rings is 1. The summed E-state index contributed by atoms with van der Waals surface area (Å²) in [4.78, 5) is 9.86. The minimum absolute atomic E-state index is 0.344. The van der Waals surface area contributed by atoms with E-state index in [0.717, 1.165) is 17.1 Å². The van der Waals surface area contributed by atoms with Gasteiger partial charge in [-0.2, -0.15) is 0 Å². The van der Waals surface area contributed by atoms with Crippen molar-refractivity contribution < 1.29 is 4.39 Å². The van der Waals surface area contributed by atoms with Gasteiger partial charge in [0.1, 0.15) is 5.82 Å². The molecule has 0 aromatic carbocycles. The Balaban J connectivity index is 2.29. The molecule has 2 aromatic heterocycles. The molecular weight excluding hydrogens is 261 g/mol. The molecule has 19 heavy (non-hydrogen) atoms. The fourth-order valence-electron chi connectivity index (χ4n) is 1.95. The predicted molar refractivity (Wildman–Crippen MR) is 75.6 cm³/mol. The Kier molecular flexibility index (Phi) is 3.96. The van der Waals surface area contributed by atoms with Crippen molar-refractivity contribution in [2.75, 3.05) is 0 Å². The molecule has 2 aromatic rings. The van der Waals surface area contributed by atoms with E-state index in [-0.39, 0.29) is 5.82 Å². The van der Waals surface area contributed by atoms with Gasteiger partial charge in [-0.1, -0.05) is 6.92 Å². The first-order valence-corrected chi connectivity index (χ1v) is 7.10. The van der Waals surface area contributed by atoms with E-state index in [1.165, 1.54) is 17.1 Å². The van der Waals surface area contributed by atoms with E-state index >= 15 is 0 Å². The number of aromatic nitrogens is 2. The van der Waals surface area contributed by atoms with E-state index in [2.05, 4.69) is 16.9 Å². The summed E-state index contributed by atoms with van der Waals surface area (Å²) in [6.07, 6.45) is 2.57. The van der Waals surface area contributed by atoms with Crippen LogP contribution in [0.3, 0.4) is 0 Å². The van der Waals surface area contributed by atoms with Gasteiger partial charge in [0.05, 0.1) is 28.1 Å². The molecule has 0 saturated carbocycles. The lowest BCUT2D eigenvalue weighted by Gasteiger charge is -2.26. The van der Waals surface area contributed by atoms with E-state index in [1.54, 1.807) is 17.4 Å². The molecule has 5 heteroatoms. The van der Waals surface area contributed by atoms with Crippen molar-refractivity contribution in [3.63, 3.8) is 0 Å². The van der Waals surface area contributed by atoms with Gasteiger partial charge in [-0.3, -0.25) is 4.98 Å². The van der Waals surface area contributed by atoms with Crippen molar-refractivity contribution in [3.8, 4) is 0 Å². The van der Waals surface area contributed by atoms with Gasteiger partial charge < -0.3 is 5.73 Å². The van der Waals surface area contributed by atoms with E-state index in [4.69, 9.17) is 5.73 Å². The summed E-state index contributed by atoms with van der Waals surface area (Å²) in [5.74, 6) is -0.344. The molecular formula is C14H18FN3S. The number of aryl methyl sites for hydroxylation is 2. The second kappa shape index (κ2) is 5.35. The van der Waals surface area contributed by atoms with Crippen molar-refractivity contribution in [2.45, 2.75) is 39.2 Å². The van der Waals surface area contributed by atoms with Crippen molar-refractivity contribution >= 4 is 11.3 Å². The molecule has 1 atom stereocenters. The number of rotatable bonds is 4. The van der Waals surface area contributed by atoms with Crippen LogP contribution in [0.2, 0.25) is 0 Å². The quantitative estimate of drug-likeness (QED) is 0.935. The first-order chi connectivity index (χ1) is 8.94. The number of halogens is 1. The van der Waals surface area contributed by atoms with Crippen LogP contribution in [0.25, 0.3) is 0 Å². The Labute approximate surface area is 116 Å². The molecule has 0 aliphatic carbocycles. The number of nitrogens with two attached hydrogens (primary N) is 1. The molecule has 0 fully saturated rings. The highest BCUT2D eigenvalue weighted by atomic mass is 32.1. The summed E-state index contributed by atoms with van der Waals surface area (Å²) in [5, 5.41) is 1.01. The van der Waals surface area contributed by atoms with Gasteiger partial charge >= 0.3 is 0 Å². The maximum atomic E-state index is 12.9. The molecule has 1 unspecified atom stereocenters. The van der Waals surface area contributed by atoms with Crippen LogP contribution in [0, 0.1) is 19.7 Å². The van der Waals surface area contributed by atoms with Gasteiger partial charge in [0.2, 0.25) is 0 Å². The van der Waals surface area contributed by atoms with Crippen LogP contribution in [0.15, 0.2) is 18.3 Å². The standard InChI is InChI=1S/C14H18FN3S/c1-4-14(16,12-6-5-11(15)8-17-12)7-13-18-9(2)10(3)19-13/h5-6,8H,4,7,16H2,1-3H3. The lowest BCUT2D eigenvalue weighted by molar-refractivity contribution is 0.410. The molecule has 0 aliphatic heterocycles. The zero-order valence-corrected chi connectivity index (χ0v) is 12.2. The van der Waals surface area contributed by atoms with Gasteiger partial charge in [-0.25, -0.2) is 9.37 Å². The summed E-state index contributed by atoms with van der Waals surface area (Å²) in [7, 11) is 0. The van der Waals surface area contributed by atoms with Crippen molar-refractivity contribution in [3.05, 3.63) is 45.4 Å². The second-order valence-corrected chi connectivity index (χ2v) is 6.09. The number of nitrogens with zero attached hydrogens (tertiary/aromatic N) is 2. The van der Waals surface area contributed by atoms with Crippen LogP contribution in [0.4, 0.5) is 4.39 Å². The van der Waals surface area contributed by atoms with E-state index in [0.29, 0.717) is 12.1 Å². The van der Waals surface area contributed by atoms with Crippen molar-refractivity contribution in [2.24, 2.45) is 5.73 Å². The van der Waals surface area contributed by atoms with Crippen LogP contribution in [0.5, 0.6) is 0 Å². The van der Waals surface area contributed by atoms with E-state index in [1.807, 2.05) is 13.8 Å². The highest BCUT2D eigenvalue weighted by Crippen LogP contribution is 2.28. The SMILES string of the molecule is CCC(N)(Cc1nc(C)c(C)s1)c1ccc(F)cn1. The average molecular weight is 279 g/mol. The molecule has 3 nitrogen and oxygen atoms in total. The molecule has 102 valence electrons. The van der Waals surface area contributed by atoms with E-state index < -0.39 is 5.54 Å². The molecule has 0 bridgehead atoms. The molecule has 0 radical (unpaired) electrons. The predicted octanol–water partition coefficient (Wildman–Crippen LogP) is 3.10. The molecule has 0 spiro atoms. The summed E-state index contributed by atoms with van der Waals surface area (Å²) in [6, 6.07) is 3.06. The van der Waals surface area contributed by atoms with Crippen molar-refractivity contribution in [1.29, 1.82) is 0 Å². The summed E-state index contributed by atoms with van der Waals surface area (Å²) in [5.41, 5.74) is 7.61. The largest absolute Gasteiger partial charge is 0.320 e. The second-order valence-electron chi connectivity index (χ2n) is 4.80. The zero-order valence-electron chi connectivity index (χ0n) is 11.4. The van der Waals surface area contributed by atoms with Gasteiger partial charge in [0.15, 0.2) is 0 Å². The van der Waals surface area contributed by atoms with Crippen molar-refractivity contribution in [1.82, 2.24) is 9.97 Å². The first kappa shape index (κ1) is 14.1. The Morgan fingerprint density at radius 1 is 1.37 bits per heavy atom. The molecule has 0 saturated heterocycles. The highest BCUT2D eigenvalue weighted by Gasteiger charge is 2.28. The smallest absolute Gasteiger partial charge is 0.141 e.